The van der Waals surface area contributed by atoms with Crippen molar-refractivity contribution in [3.8, 4) is 0 Å². The van der Waals surface area contributed by atoms with E-state index in [0.29, 0.717) is 30.3 Å². The minimum absolute atomic E-state index is 0.0495. The number of nitrogens with two attached hydrogens (primary N) is 2. The Morgan fingerprint density at radius 2 is 1.12 bits per heavy atom. The number of hydrogen-bond donors (Lipinski definition) is 17. The number of rotatable bonds is 29. The van der Waals surface area contributed by atoms with Crippen LogP contribution in [0.2, 0.25) is 0 Å². The van der Waals surface area contributed by atoms with Gasteiger partial charge in [-0.05, 0) is 65.1 Å². The first-order valence-electron chi connectivity index (χ1n) is 21.5. The van der Waals surface area contributed by atoms with Crippen molar-refractivity contribution in [3.05, 3.63) is 36.0 Å². The number of benzene rings is 1. The van der Waals surface area contributed by atoms with E-state index in [2.05, 4.69) is 52.8 Å². The number of aliphatic hydroxyl groups is 4. The summed E-state index contributed by atoms with van der Waals surface area (Å²) in [6.45, 7) is 2.05. The van der Waals surface area contributed by atoms with Gasteiger partial charge in [-0.1, -0.05) is 18.2 Å². The predicted octanol–water partition coefficient (Wildman–Crippen LogP) is -7.34. The normalized spacial score (nSPS) is 15.5. The van der Waals surface area contributed by atoms with Gasteiger partial charge in [0.2, 0.25) is 53.2 Å². The standard InChI is InChI=1S/C41H64N12O15/c1-19(48-39(65)33(21(3)56)52-30(59)16-45-29(58)15-47-38(64)32(20(2)55)51-31(60)17-46-36(62)25(43)18-54)35(61)53-34(22(4)57)40(66)50-28(13-23-14-44-26-10-6-5-9-24(23)26)37(63)49-27(41(67)68)11-7-8-12-42/h5-6,9-10,14,19-22,25,27-28,32-34,44,54-57H,7-8,11-13,15-18,42-43H2,1-4H3,(H,45,58)(H,46,62)(H,47,64)(H,48,65)(H,49,63)(H,50,66)(H,51,60)(H,52,59)(H,53,61)(H,67,68)/t19-,20+,21+,22+,25-,27-,28-,32-,33-,34-/m0/s1. The molecule has 0 aliphatic carbocycles. The molecule has 0 radical (unpaired) electrons. The van der Waals surface area contributed by atoms with E-state index in [0.717, 1.165) is 19.4 Å². The third kappa shape index (κ3) is 18.8. The van der Waals surface area contributed by atoms with Gasteiger partial charge < -0.3 is 89.8 Å². The Morgan fingerprint density at radius 1 is 0.603 bits per heavy atom. The summed E-state index contributed by atoms with van der Waals surface area (Å²) in [6, 6.07) is -3.45. The Balaban J connectivity index is 2.04. The van der Waals surface area contributed by atoms with Gasteiger partial charge in [-0.3, -0.25) is 43.2 Å². The van der Waals surface area contributed by atoms with Crippen LogP contribution in [0.1, 0.15) is 52.5 Å². The third-order valence-corrected chi connectivity index (χ3v) is 10.1. The lowest BCUT2D eigenvalue weighted by molar-refractivity contribution is -0.142. The molecule has 27 heteroatoms. The number of carboxylic acids is 1. The zero-order chi connectivity index (χ0) is 51.2. The lowest BCUT2D eigenvalue weighted by Crippen LogP contribution is -2.61. The SMILES string of the molecule is C[C@H](NC(=O)[C@@H](NC(=O)CNC(=O)CNC(=O)[C@@H](NC(=O)CNC(=O)[C@@H](N)CO)[C@@H](C)O)[C@@H](C)O)C(=O)N[C@H](C(=O)N[C@@H](Cc1c[nH]c2ccccc12)C(=O)N[C@@H](CCCCN)C(=O)O)[C@@H](C)O. The monoisotopic (exact) mass is 964 g/mol. The number of nitrogens with one attached hydrogen (secondary N) is 10. The maximum atomic E-state index is 13.7. The van der Waals surface area contributed by atoms with Crippen LogP contribution in [0.4, 0.5) is 0 Å². The van der Waals surface area contributed by atoms with Gasteiger partial charge in [-0.2, -0.15) is 0 Å². The number of aromatic nitrogens is 1. The van der Waals surface area contributed by atoms with Crippen LogP contribution in [0, 0.1) is 0 Å². The second kappa shape index (κ2) is 28.4. The van der Waals surface area contributed by atoms with Gasteiger partial charge in [0.05, 0.1) is 44.6 Å². The van der Waals surface area contributed by atoms with E-state index in [9.17, 15) is 68.4 Å². The van der Waals surface area contributed by atoms with Crippen LogP contribution in [0.5, 0.6) is 0 Å². The highest BCUT2D eigenvalue weighted by molar-refractivity contribution is 5.98. The molecule has 9 amide bonds. The molecule has 0 fully saturated rings. The van der Waals surface area contributed by atoms with E-state index in [1.54, 1.807) is 30.5 Å². The summed E-state index contributed by atoms with van der Waals surface area (Å²) in [6.07, 6.45) is -2.22. The zero-order valence-electron chi connectivity index (χ0n) is 38.0. The molecule has 0 aliphatic heterocycles. The van der Waals surface area contributed by atoms with Crippen LogP contribution in [0.15, 0.2) is 30.5 Å². The molecule has 19 N–H and O–H groups in total. The highest BCUT2D eigenvalue weighted by Gasteiger charge is 2.35. The summed E-state index contributed by atoms with van der Waals surface area (Å²) in [4.78, 5) is 130. The molecule has 1 heterocycles. The number of carboxylic acid groups (broad SMARTS) is 1. The summed E-state index contributed by atoms with van der Waals surface area (Å²) in [7, 11) is 0. The van der Waals surface area contributed by atoms with E-state index in [1.165, 1.54) is 13.8 Å². The molecule has 1 aromatic carbocycles. The van der Waals surface area contributed by atoms with Crippen molar-refractivity contribution < 1.29 is 73.5 Å². The maximum Gasteiger partial charge on any atom is 0.326 e. The fraction of sp³-hybridized carbons (Fsp3) is 0.561. The van der Waals surface area contributed by atoms with Gasteiger partial charge in [0.25, 0.3) is 0 Å². The van der Waals surface area contributed by atoms with Crippen molar-refractivity contribution in [1.29, 1.82) is 0 Å². The number of H-pyrrole nitrogens is 1. The van der Waals surface area contributed by atoms with Crippen LogP contribution in [0.3, 0.4) is 0 Å². The Hall–Kier alpha value is -6.78. The number of carbonyl (C=O) groups is 10. The Labute approximate surface area is 390 Å². The van der Waals surface area contributed by atoms with Crippen LogP contribution in [-0.2, 0) is 54.4 Å². The summed E-state index contributed by atoms with van der Waals surface area (Å²) >= 11 is 0. The number of carbonyl (C=O) groups excluding carboxylic acids is 9. The number of aromatic amines is 1. The summed E-state index contributed by atoms with van der Waals surface area (Å²) in [5.74, 6) is -10.1. The first-order chi connectivity index (χ1) is 32.0. The second-order valence-electron chi connectivity index (χ2n) is 15.8. The summed E-state index contributed by atoms with van der Waals surface area (Å²) in [5.41, 5.74) is 12.2. The molecule has 27 nitrogen and oxygen atoms in total. The molecule has 1 aromatic heterocycles. The minimum Gasteiger partial charge on any atom is -0.480 e. The van der Waals surface area contributed by atoms with Crippen LogP contribution in [0.25, 0.3) is 10.9 Å². The van der Waals surface area contributed by atoms with E-state index in [4.69, 9.17) is 16.6 Å². The third-order valence-electron chi connectivity index (χ3n) is 10.1. The average Bonchev–Trinajstić information content (AvgIpc) is 3.70. The van der Waals surface area contributed by atoms with Crippen LogP contribution in [-0.4, -0.2) is 183 Å². The smallest absolute Gasteiger partial charge is 0.326 e. The zero-order valence-corrected chi connectivity index (χ0v) is 38.0. The molecular weight excluding hydrogens is 901 g/mol. The van der Waals surface area contributed by atoms with E-state index in [1.807, 2.05) is 0 Å². The molecule has 2 aromatic rings. The fourth-order valence-electron chi connectivity index (χ4n) is 6.23. The number of aliphatic carboxylic acids is 1. The first-order valence-corrected chi connectivity index (χ1v) is 21.5. The molecule has 0 unspecified atom stereocenters. The second-order valence-corrected chi connectivity index (χ2v) is 15.8. The fourth-order valence-corrected chi connectivity index (χ4v) is 6.23. The van der Waals surface area contributed by atoms with Crippen molar-refractivity contribution in [2.75, 3.05) is 32.8 Å². The van der Waals surface area contributed by atoms with Crippen molar-refractivity contribution in [3.63, 3.8) is 0 Å². The average molecular weight is 965 g/mol. The van der Waals surface area contributed by atoms with Crippen LogP contribution < -0.4 is 59.3 Å². The molecule has 378 valence electrons. The Kier molecular flexibility index (Phi) is 24.0. The largest absolute Gasteiger partial charge is 0.480 e. The molecule has 0 aliphatic rings. The molecule has 0 spiro atoms. The van der Waals surface area contributed by atoms with Crippen LogP contribution >= 0.6 is 0 Å². The quantitative estimate of drug-likeness (QED) is 0.0337. The van der Waals surface area contributed by atoms with Crippen molar-refractivity contribution >= 4 is 70.0 Å². The highest BCUT2D eigenvalue weighted by Crippen LogP contribution is 2.19. The predicted molar refractivity (Wildman–Crippen MR) is 239 cm³/mol. The van der Waals surface area contributed by atoms with Crippen molar-refractivity contribution in [2.45, 2.75) is 114 Å². The summed E-state index contributed by atoms with van der Waals surface area (Å²) < 4.78 is 0. The first kappa shape index (κ1) is 57.3. The lowest BCUT2D eigenvalue weighted by atomic mass is 10.0. The molecule has 68 heavy (non-hydrogen) atoms. The number of para-hydroxylation sites is 1. The molecule has 0 bridgehead atoms. The number of unbranched alkanes of at least 4 members (excludes halogenated alkanes) is 1. The van der Waals surface area contributed by atoms with E-state index < -0.39 is 146 Å². The van der Waals surface area contributed by atoms with Gasteiger partial charge in [-0.25, -0.2) is 4.79 Å². The maximum absolute atomic E-state index is 13.7. The molecular formula is C41H64N12O15. The van der Waals surface area contributed by atoms with Crippen molar-refractivity contribution in [1.82, 2.24) is 52.8 Å². The Morgan fingerprint density at radius 3 is 1.69 bits per heavy atom. The van der Waals surface area contributed by atoms with Gasteiger partial charge in [0.15, 0.2) is 0 Å². The van der Waals surface area contributed by atoms with Gasteiger partial charge in [0, 0.05) is 23.5 Å². The topological polar surface area (TPSA) is 448 Å². The Bertz CT molecular complexity index is 2080. The van der Waals surface area contributed by atoms with Gasteiger partial charge >= 0.3 is 5.97 Å². The number of amides is 9. The number of hydrogen-bond acceptors (Lipinski definition) is 16. The van der Waals surface area contributed by atoms with Crippen molar-refractivity contribution in [2.24, 2.45) is 11.5 Å². The highest BCUT2D eigenvalue weighted by atomic mass is 16.4. The lowest BCUT2D eigenvalue weighted by Gasteiger charge is -2.27. The number of aliphatic hydroxyl groups excluding tert-OH is 4. The van der Waals surface area contributed by atoms with E-state index >= 15 is 0 Å². The van der Waals surface area contributed by atoms with Gasteiger partial charge in [0.1, 0.15) is 42.3 Å². The molecule has 0 saturated carbocycles. The molecule has 0 saturated heterocycles. The summed E-state index contributed by atoms with van der Waals surface area (Å²) in [5, 5.41) is 70.6. The van der Waals surface area contributed by atoms with E-state index in [-0.39, 0.29) is 12.8 Å². The van der Waals surface area contributed by atoms with Gasteiger partial charge in [-0.15, -0.1) is 0 Å². The molecule has 10 atom stereocenters. The minimum atomic E-state index is -1.73. The number of fused-ring (bicyclic) bond motifs is 1. The molecule has 2 rings (SSSR count).